The Kier molecular flexibility index (Phi) is 7.83. The molecule has 0 unspecified atom stereocenters. The smallest absolute Gasteiger partial charge is 0.283 e. The zero-order chi connectivity index (χ0) is 9.40. The first kappa shape index (κ1) is 12.1. The second kappa shape index (κ2) is 7.75. The number of amides is 1. The number of hydrogen-bond acceptors (Lipinski definition) is 3. The number of methoxy groups -OCH3 is 2. The van der Waals surface area contributed by atoms with Gasteiger partial charge in [-0.2, -0.15) is 0 Å². The number of hydrogen-bond donors (Lipinski definition) is 0. The summed E-state index contributed by atoms with van der Waals surface area (Å²) in [6.07, 6.45) is 0. The van der Waals surface area contributed by atoms with Gasteiger partial charge in [-0.3, -0.25) is 4.79 Å². The van der Waals surface area contributed by atoms with E-state index >= 15 is 0 Å². The predicted octanol–water partition coefficient (Wildman–Crippen LogP) is 1.14. The van der Waals surface area contributed by atoms with Gasteiger partial charge in [0.25, 0.3) is 3.91 Å². The number of halogens is 1. The Bertz CT molecular complexity index is 124. The Morgan fingerprint density at radius 3 is 1.92 bits per heavy atom. The maximum Gasteiger partial charge on any atom is 0.283 e. The largest absolute Gasteiger partial charge is 0.383 e. The molecule has 0 aromatic carbocycles. The first-order valence-electron chi connectivity index (χ1n) is 3.64. The maximum atomic E-state index is 11.0. The third-order valence-corrected chi connectivity index (χ3v) is 2.06. The summed E-state index contributed by atoms with van der Waals surface area (Å²) in [6.45, 7) is 2.39. The number of rotatable bonds is 6. The highest BCUT2D eigenvalue weighted by Crippen LogP contribution is 1.98. The molecular weight excluding hydrogens is 273 g/mol. The van der Waals surface area contributed by atoms with Crippen molar-refractivity contribution in [1.29, 1.82) is 0 Å². The van der Waals surface area contributed by atoms with Gasteiger partial charge in [-0.15, -0.1) is 0 Å². The van der Waals surface area contributed by atoms with Crippen LogP contribution in [0.2, 0.25) is 0 Å². The van der Waals surface area contributed by atoms with E-state index < -0.39 is 0 Å². The standard InChI is InChI=1S/C7H14INO3/c1-11-5-3-9(7(8)10)4-6-12-2/h3-6H2,1-2H3. The molecule has 0 heterocycles. The van der Waals surface area contributed by atoms with E-state index in [2.05, 4.69) is 0 Å². The van der Waals surface area contributed by atoms with Crippen molar-refractivity contribution >= 4 is 26.5 Å². The molecule has 0 fully saturated rings. The molecule has 0 atom stereocenters. The van der Waals surface area contributed by atoms with E-state index in [0.29, 0.717) is 26.3 Å². The molecule has 0 saturated carbocycles. The van der Waals surface area contributed by atoms with Crippen LogP contribution in [0.5, 0.6) is 0 Å². The van der Waals surface area contributed by atoms with E-state index in [1.807, 2.05) is 0 Å². The van der Waals surface area contributed by atoms with Crippen LogP contribution in [0.25, 0.3) is 0 Å². The number of nitrogens with zero attached hydrogens (tertiary/aromatic N) is 1. The average molecular weight is 287 g/mol. The fourth-order valence-corrected chi connectivity index (χ4v) is 1.17. The monoisotopic (exact) mass is 287 g/mol. The minimum absolute atomic E-state index is 0.0294. The highest BCUT2D eigenvalue weighted by molar-refractivity contribution is 14.1. The first-order valence-corrected chi connectivity index (χ1v) is 4.72. The summed E-state index contributed by atoms with van der Waals surface area (Å²) in [5.74, 6) is 0. The van der Waals surface area contributed by atoms with E-state index in [9.17, 15) is 4.79 Å². The van der Waals surface area contributed by atoms with E-state index in [-0.39, 0.29) is 3.91 Å². The van der Waals surface area contributed by atoms with Gasteiger partial charge >= 0.3 is 0 Å². The van der Waals surface area contributed by atoms with E-state index in [0.717, 1.165) is 0 Å². The van der Waals surface area contributed by atoms with Gasteiger partial charge in [0.1, 0.15) is 0 Å². The minimum Gasteiger partial charge on any atom is -0.383 e. The van der Waals surface area contributed by atoms with Crippen molar-refractivity contribution in [1.82, 2.24) is 4.90 Å². The number of carbonyl (C=O) groups is 1. The van der Waals surface area contributed by atoms with Gasteiger partial charge in [0, 0.05) is 49.9 Å². The van der Waals surface area contributed by atoms with Crippen LogP contribution in [-0.2, 0) is 9.47 Å². The van der Waals surface area contributed by atoms with Crippen LogP contribution in [0.3, 0.4) is 0 Å². The SMILES string of the molecule is COCCN(CCOC)C(=O)I. The van der Waals surface area contributed by atoms with Crippen molar-refractivity contribution in [3.63, 3.8) is 0 Å². The van der Waals surface area contributed by atoms with Gasteiger partial charge in [0.2, 0.25) is 0 Å². The van der Waals surface area contributed by atoms with Crippen molar-refractivity contribution in [2.75, 3.05) is 40.5 Å². The lowest BCUT2D eigenvalue weighted by Crippen LogP contribution is -2.32. The van der Waals surface area contributed by atoms with E-state index in [4.69, 9.17) is 9.47 Å². The fourth-order valence-electron chi connectivity index (χ4n) is 0.691. The van der Waals surface area contributed by atoms with Crippen molar-refractivity contribution < 1.29 is 14.3 Å². The lowest BCUT2D eigenvalue weighted by molar-refractivity contribution is 0.132. The summed E-state index contributed by atoms with van der Waals surface area (Å²) in [5.41, 5.74) is 0. The van der Waals surface area contributed by atoms with Crippen LogP contribution >= 0.6 is 22.6 Å². The molecule has 0 aliphatic heterocycles. The van der Waals surface area contributed by atoms with Gasteiger partial charge in [0.05, 0.1) is 13.2 Å². The van der Waals surface area contributed by atoms with Crippen molar-refractivity contribution in [3.8, 4) is 0 Å². The average Bonchev–Trinajstić information content (AvgIpc) is 2.04. The molecule has 0 saturated heterocycles. The Morgan fingerprint density at radius 2 is 1.67 bits per heavy atom. The molecule has 0 radical (unpaired) electrons. The lowest BCUT2D eigenvalue weighted by Gasteiger charge is -2.18. The summed E-state index contributed by atoms with van der Waals surface area (Å²) in [5, 5.41) is 0. The maximum absolute atomic E-state index is 11.0. The quantitative estimate of drug-likeness (QED) is 0.418. The molecular formula is C7H14INO3. The Labute approximate surface area is 86.3 Å². The summed E-state index contributed by atoms with van der Waals surface area (Å²) in [4.78, 5) is 12.6. The molecule has 5 heteroatoms. The zero-order valence-corrected chi connectivity index (χ0v) is 9.54. The van der Waals surface area contributed by atoms with Crippen molar-refractivity contribution in [2.24, 2.45) is 0 Å². The van der Waals surface area contributed by atoms with Gasteiger partial charge in [-0.05, 0) is 0 Å². The molecule has 0 rings (SSSR count). The zero-order valence-electron chi connectivity index (χ0n) is 7.38. The highest BCUT2D eigenvalue weighted by atomic mass is 127. The molecule has 0 spiro atoms. The van der Waals surface area contributed by atoms with E-state index in [1.54, 1.807) is 41.7 Å². The molecule has 0 bridgehead atoms. The summed E-state index contributed by atoms with van der Waals surface area (Å²) in [7, 11) is 3.23. The molecule has 12 heavy (non-hydrogen) atoms. The number of carbonyl (C=O) groups excluding carboxylic acids is 1. The first-order chi connectivity index (χ1) is 5.72. The number of ether oxygens (including phenoxy) is 2. The molecule has 0 aliphatic rings. The van der Waals surface area contributed by atoms with Crippen LogP contribution < -0.4 is 0 Å². The van der Waals surface area contributed by atoms with Crippen molar-refractivity contribution in [3.05, 3.63) is 0 Å². The Morgan fingerprint density at radius 1 is 1.25 bits per heavy atom. The topological polar surface area (TPSA) is 38.8 Å². The summed E-state index contributed by atoms with van der Waals surface area (Å²) < 4.78 is 9.76. The third-order valence-electron chi connectivity index (χ3n) is 1.38. The highest BCUT2D eigenvalue weighted by Gasteiger charge is 2.08. The Balaban J connectivity index is 3.62. The second-order valence-corrected chi connectivity index (χ2v) is 3.15. The molecule has 0 aromatic rings. The second-order valence-electron chi connectivity index (χ2n) is 2.23. The van der Waals surface area contributed by atoms with Crippen LogP contribution in [0.15, 0.2) is 0 Å². The normalized spacial score (nSPS) is 9.92. The minimum atomic E-state index is 0.0294. The van der Waals surface area contributed by atoms with Crippen LogP contribution in [-0.4, -0.2) is 49.3 Å². The van der Waals surface area contributed by atoms with E-state index in [1.165, 1.54) is 0 Å². The van der Waals surface area contributed by atoms with Gasteiger partial charge in [-0.25, -0.2) is 0 Å². The van der Waals surface area contributed by atoms with Gasteiger partial charge in [-0.1, -0.05) is 0 Å². The van der Waals surface area contributed by atoms with Crippen LogP contribution in [0.1, 0.15) is 0 Å². The lowest BCUT2D eigenvalue weighted by atomic mass is 10.5. The van der Waals surface area contributed by atoms with Gasteiger partial charge in [0.15, 0.2) is 0 Å². The molecule has 72 valence electrons. The summed E-state index contributed by atoms with van der Waals surface area (Å²) in [6, 6.07) is 0. The third kappa shape index (κ3) is 5.73. The fraction of sp³-hybridized carbons (Fsp3) is 0.857. The molecule has 4 nitrogen and oxygen atoms in total. The molecule has 1 amide bonds. The van der Waals surface area contributed by atoms with Crippen molar-refractivity contribution in [2.45, 2.75) is 0 Å². The molecule has 0 N–H and O–H groups in total. The molecule has 0 aliphatic carbocycles. The van der Waals surface area contributed by atoms with Gasteiger partial charge < -0.3 is 14.4 Å². The Hall–Kier alpha value is 0.120. The summed E-state index contributed by atoms with van der Waals surface area (Å²) >= 11 is 1.76. The molecule has 0 aromatic heterocycles. The van der Waals surface area contributed by atoms with Crippen LogP contribution in [0.4, 0.5) is 4.79 Å². The predicted molar refractivity (Wildman–Crippen MR) is 54.7 cm³/mol. The van der Waals surface area contributed by atoms with Crippen LogP contribution in [0, 0.1) is 0 Å².